The Morgan fingerprint density at radius 2 is 1.93 bits per heavy atom. The number of nitrogens with zero attached hydrogens (tertiary/aromatic N) is 2. The standard InChI is InChI=1S/C22H35N3O5/c1-2-18-20-19(7-5-12-28-13-6-10-23-21(20)26)25(24-18)11-3-4-14-30-22(27)17-8-15-29-16-9-17/h17H,2-16H2,1H3,(H,23,26). The second-order valence-electron chi connectivity index (χ2n) is 7.93. The van der Waals surface area contributed by atoms with Gasteiger partial charge in [-0.2, -0.15) is 5.10 Å². The van der Waals surface area contributed by atoms with Crippen LogP contribution in [0.15, 0.2) is 0 Å². The SMILES string of the molecule is CCc1nn(CCCCOC(=O)C2CCOCC2)c2c1C(=O)NCCCOCCC2. The van der Waals surface area contributed by atoms with Gasteiger partial charge in [-0.25, -0.2) is 0 Å². The summed E-state index contributed by atoms with van der Waals surface area (Å²) < 4.78 is 18.4. The number of esters is 1. The van der Waals surface area contributed by atoms with Crippen molar-refractivity contribution in [3.63, 3.8) is 0 Å². The van der Waals surface area contributed by atoms with E-state index in [0.29, 0.717) is 46.1 Å². The number of carbonyl (C=O) groups excluding carboxylic acids is 2. The number of unbranched alkanes of at least 4 members (excludes halogenated alkanes) is 1. The Labute approximate surface area is 178 Å². The Bertz CT molecular complexity index is 697. The predicted octanol–water partition coefficient (Wildman–Crippen LogP) is 2.28. The van der Waals surface area contributed by atoms with Gasteiger partial charge in [0.15, 0.2) is 0 Å². The molecular formula is C22H35N3O5. The highest BCUT2D eigenvalue weighted by atomic mass is 16.5. The molecule has 1 N–H and O–H groups in total. The van der Waals surface area contributed by atoms with Gasteiger partial charge in [-0.1, -0.05) is 6.92 Å². The number of hydrogen-bond acceptors (Lipinski definition) is 6. The molecule has 1 saturated heterocycles. The first kappa shape index (κ1) is 22.7. The van der Waals surface area contributed by atoms with Gasteiger partial charge in [0.2, 0.25) is 0 Å². The summed E-state index contributed by atoms with van der Waals surface area (Å²) in [5.74, 6) is -0.147. The van der Waals surface area contributed by atoms with E-state index < -0.39 is 0 Å². The van der Waals surface area contributed by atoms with Crippen molar-refractivity contribution in [1.82, 2.24) is 15.1 Å². The van der Waals surface area contributed by atoms with E-state index in [1.807, 2.05) is 11.6 Å². The Hall–Kier alpha value is -1.93. The Kier molecular flexibility index (Phi) is 9.14. The topological polar surface area (TPSA) is 91.7 Å². The molecule has 2 aliphatic heterocycles. The molecule has 8 nitrogen and oxygen atoms in total. The van der Waals surface area contributed by atoms with Gasteiger partial charge in [0.25, 0.3) is 5.91 Å². The molecule has 0 saturated carbocycles. The first-order chi connectivity index (χ1) is 14.7. The average Bonchev–Trinajstić information content (AvgIpc) is 3.11. The molecular weight excluding hydrogens is 386 g/mol. The summed E-state index contributed by atoms with van der Waals surface area (Å²) in [5.41, 5.74) is 2.59. The van der Waals surface area contributed by atoms with Crippen molar-refractivity contribution in [2.75, 3.05) is 39.6 Å². The maximum atomic E-state index is 12.8. The van der Waals surface area contributed by atoms with Gasteiger partial charge in [-0.15, -0.1) is 0 Å². The zero-order valence-corrected chi connectivity index (χ0v) is 18.1. The van der Waals surface area contributed by atoms with Crippen molar-refractivity contribution in [1.29, 1.82) is 0 Å². The normalized spacial score (nSPS) is 18.9. The van der Waals surface area contributed by atoms with Crippen LogP contribution >= 0.6 is 0 Å². The van der Waals surface area contributed by atoms with Crippen molar-refractivity contribution < 1.29 is 23.8 Å². The molecule has 8 heteroatoms. The minimum atomic E-state index is -0.101. The fourth-order valence-corrected chi connectivity index (χ4v) is 4.00. The van der Waals surface area contributed by atoms with E-state index in [1.165, 1.54) is 0 Å². The summed E-state index contributed by atoms with van der Waals surface area (Å²) >= 11 is 0. The van der Waals surface area contributed by atoms with Gasteiger partial charge >= 0.3 is 5.97 Å². The lowest BCUT2D eigenvalue weighted by Crippen LogP contribution is -2.26. The molecule has 0 aliphatic carbocycles. The molecule has 3 rings (SSSR count). The number of aromatic nitrogens is 2. The van der Waals surface area contributed by atoms with Crippen molar-refractivity contribution in [3.05, 3.63) is 17.0 Å². The van der Waals surface area contributed by atoms with Gasteiger partial charge in [-0.05, 0) is 51.4 Å². The van der Waals surface area contributed by atoms with E-state index in [2.05, 4.69) is 5.32 Å². The first-order valence-corrected chi connectivity index (χ1v) is 11.4. The molecule has 1 fully saturated rings. The third-order valence-electron chi connectivity index (χ3n) is 5.71. The summed E-state index contributed by atoms with van der Waals surface area (Å²) in [5, 5.41) is 7.73. The molecule has 1 aromatic heterocycles. The molecule has 168 valence electrons. The van der Waals surface area contributed by atoms with Crippen LogP contribution in [0.2, 0.25) is 0 Å². The average molecular weight is 422 g/mol. The quantitative estimate of drug-likeness (QED) is 0.536. The number of hydrogen-bond donors (Lipinski definition) is 1. The van der Waals surface area contributed by atoms with Gasteiger partial charge in [0, 0.05) is 39.5 Å². The van der Waals surface area contributed by atoms with Crippen LogP contribution in [0.5, 0.6) is 0 Å². The fraction of sp³-hybridized carbons (Fsp3) is 0.773. The monoisotopic (exact) mass is 421 g/mol. The smallest absolute Gasteiger partial charge is 0.309 e. The molecule has 0 spiro atoms. The van der Waals surface area contributed by atoms with E-state index in [0.717, 1.165) is 68.3 Å². The Morgan fingerprint density at radius 1 is 1.17 bits per heavy atom. The molecule has 1 aromatic rings. The van der Waals surface area contributed by atoms with Crippen LogP contribution in [-0.2, 0) is 38.4 Å². The first-order valence-electron chi connectivity index (χ1n) is 11.4. The number of ether oxygens (including phenoxy) is 3. The third-order valence-corrected chi connectivity index (χ3v) is 5.71. The van der Waals surface area contributed by atoms with E-state index >= 15 is 0 Å². The van der Waals surface area contributed by atoms with Crippen LogP contribution in [0.4, 0.5) is 0 Å². The molecule has 0 unspecified atom stereocenters. The van der Waals surface area contributed by atoms with E-state index in [1.54, 1.807) is 0 Å². The molecule has 0 bridgehead atoms. The molecule has 30 heavy (non-hydrogen) atoms. The molecule has 0 aromatic carbocycles. The lowest BCUT2D eigenvalue weighted by Gasteiger charge is -2.20. The third kappa shape index (κ3) is 6.28. The number of fused-ring (bicyclic) bond motifs is 1. The van der Waals surface area contributed by atoms with Crippen molar-refractivity contribution >= 4 is 11.9 Å². The highest BCUT2D eigenvalue weighted by Gasteiger charge is 2.24. The number of amides is 1. The van der Waals surface area contributed by atoms with Crippen LogP contribution in [0.25, 0.3) is 0 Å². The second kappa shape index (κ2) is 12.1. The molecule has 2 aliphatic rings. The van der Waals surface area contributed by atoms with E-state index in [4.69, 9.17) is 19.3 Å². The van der Waals surface area contributed by atoms with Crippen LogP contribution in [0.1, 0.15) is 67.2 Å². The van der Waals surface area contributed by atoms with Gasteiger partial charge < -0.3 is 19.5 Å². The van der Waals surface area contributed by atoms with Crippen molar-refractivity contribution in [2.45, 2.75) is 64.8 Å². The predicted molar refractivity (Wildman–Crippen MR) is 111 cm³/mol. The van der Waals surface area contributed by atoms with Crippen LogP contribution in [0, 0.1) is 5.92 Å². The number of aryl methyl sites for hydroxylation is 2. The maximum Gasteiger partial charge on any atom is 0.309 e. The number of carbonyl (C=O) groups is 2. The van der Waals surface area contributed by atoms with Crippen LogP contribution < -0.4 is 5.32 Å². The second-order valence-corrected chi connectivity index (χ2v) is 7.93. The van der Waals surface area contributed by atoms with Crippen LogP contribution in [-0.4, -0.2) is 61.2 Å². The van der Waals surface area contributed by atoms with Crippen molar-refractivity contribution in [2.24, 2.45) is 5.92 Å². The lowest BCUT2D eigenvalue weighted by atomic mass is 10.0. The van der Waals surface area contributed by atoms with Crippen LogP contribution in [0.3, 0.4) is 0 Å². The summed E-state index contributed by atoms with van der Waals surface area (Å²) in [6.07, 6.45) is 6.32. The highest BCUT2D eigenvalue weighted by molar-refractivity contribution is 5.96. The number of nitrogens with one attached hydrogen (secondary N) is 1. The summed E-state index contributed by atoms with van der Waals surface area (Å²) in [4.78, 5) is 24.9. The van der Waals surface area contributed by atoms with Crippen molar-refractivity contribution in [3.8, 4) is 0 Å². The molecule has 1 amide bonds. The largest absolute Gasteiger partial charge is 0.465 e. The maximum absolute atomic E-state index is 12.8. The Morgan fingerprint density at radius 3 is 2.73 bits per heavy atom. The summed E-state index contributed by atoms with van der Waals surface area (Å²) in [7, 11) is 0. The zero-order chi connectivity index (χ0) is 21.2. The van der Waals surface area contributed by atoms with Gasteiger partial charge in [-0.3, -0.25) is 14.3 Å². The van der Waals surface area contributed by atoms with E-state index in [-0.39, 0.29) is 17.8 Å². The molecule has 3 heterocycles. The Balaban J connectivity index is 1.54. The van der Waals surface area contributed by atoms with E-state index in [9.17, 15) is 9.59 Å². The zero-order valence-electron chi connectivity index (χ0n) is 18.1. The highest BCUT2D eigenvalue weighted by Crippen LogP contribution is 2.20. The minimum absolute atomic E-state index is 0.0190. The summed E-state index contributed by atoms with van der Waals surface area (Å²) in [6.45, 7) is 6.44. The summed E-state index contributed by atoms with van der Waals surface area (Å²) in [6, 6.07) is 0. The lowest BCUT2D eigenvalue weighted by molar-refractivity contribution is -0.151. The number of rotatable bonds is 7. The van der Waals surface area contributed by atoms with Gasteiger partial charge in [0.05, 0.1) is 29.5 Å². The fourth-order valence-electron chi connectivity index (χ4n) is 4.00. The van der Waals surface area contributed by atoms with Gasteiger partial charge in [0.1, 0.15) is 0 Å². The minimum Gasteiger partial charge on any atom is -0.465 e. The molecule has 0 atom stereocenters. The molecule has 0 radical (unpaired) electrons.